The zero-order valence-corrected chi connectivity index (χ0v) is 10.5. The average Bonchev–Trinajstić information content (AvgIpc) is 2.23. The van der Waals surface area contributed by atoms with Gasteiger partial charge in [-0.3, -0.25) is 4.79 Å². The van der Waals surface area contributed by atoms with E-state index in [1.165, 1.54) is 19.3 Å². The van der Waals surface area contributed by atoms with Crippen molar-refractivity contribution in [2.75, 3.05) is 20.1 Å². The molecule has 0 aromatic carbocycles. The third-order valence-corrected chi connectivity index (χ3v) is 4.32. The quantitative estimate of drug-likeness (QED) is 0.790. The van der Waals surface area contributed by atoms with Crippen LogP contribution in [-0.2, 0) is 4.79 Å². The Morgan fingerprint density at radius 3 is 2.62 bits per heavy atom. The van der Waals surface area contributed by atoms with Crippen molar-refractivity contribution in [2.45, 2.75) is 45.1 Å². The summed E-state index contributed by atoms with van der Waals surface area (Å²) in [5, 5.41) is 3.34. The van der Waals surface area contributed by atoms with Gasteiger partial charge in [0.15, 0.2) is 0 Å². The minimum absolute atomic E-state index is 0.395. The molecule has 1 aliphatic heterocycles. The van der Waals surface area contributed by atoms with E-state index in [1.807, 2.05) is 7.05 Å². The molecule has 2 fully saturated rings. The second-order valence-electron chi connectivity index (χ2n) is 5.50. The van der Waals surface area contributed by atoms with E-state index in [9.17, 15) is 4.79 Å². The lowest BCUT2D eigenvalue weighted by molar-refractivity contribution is -0.134. The van der Waals surface area contributed by atoms with Gasteiger partial charge in [-0.05, 0) is 38.1 Å². The number of carbonyl (C=O) groups excluding carboxylic acids is 1. The first kappa shape index (κ1) is 11.9. The molecule has 1 aliphatic carbocycles. The molecule has 2 aliphatic rings. The minimum atomic E-state index is 0.395. The van der Waals surface area contributed by atoms with Crippen LogP contribution in [-0.4, -0.2) is 37.0 Å². The van der Waals surface area contributed by atoms with Gasteiger partial charge in [0, 0.05) is 25.6 Å². The zero-order valence-electron chi connectivity index (χ0n) is 10.5. The smallest absolute Gasteiger partial charge is 0.222 e. The van der Waals surface area contributed by atoms with E-state index in [1.54, 1.807) is 0 Å². The summed E-state index contributed by atoms with van der Waals surface area (Å²) in [7, 11) is 2.02. The normalized spacial score (nSPS) is 31.2. The summed E-state index contributed by atoms with van der Waals surface area (Å²) < 4.78 is 0. The van der Waals surface area contributed by atoms with Crippen molar-refractivity contribution >= 4 is 5.91 Å². The zero-order chi connectivity index (χ0) is 11.5. The fourth-order valence-electron chi connectivity index (χ4n) is 2.87. The maximum absolute atomic E-state index is 12.0. The molecule has 2 atom stereocenters. The molecule has 2 unspecified atom stereocenters. The van der Waals surface area contributed by atoms with Gasteiger partial charge in [0.1, 0.15) is 0 Å². The van der Waals surface area contributed by atoms with Crippen LogP contribution in [0.15, 0.2) is 0 Å². The molecule has 92 valence electrons. The first-order chi connectivity index (χ1) is 7.70. The van der Waals surface area contributed by atoms with Crippen LogP contribution in [0.3, 0.4) is 0 Å². The highest BCUT2D eigenvalue weighted by molar-refractivity contribution is 5.76. The summed E-state index contributed by atoms with van der Waals surface area (Å²) in [6.45, 7) is 4.13. The lowest BCUT2D eigenvalue weighted by atomic mass is 9.82. The number of likely N-dealkylation sites (tertiary alicyclic amines) is 1. The Hall–Kier alpha value is -0.570. The van der Waals surface area contributed by atoms with E-state index in [2.05, 4.69) is 17.1 Å². The summed E-state index contributed by atoms with van der Waals surface area (Å²) in [6.07, 6.45) is 5.78. The number of rotatable bonds is 3. The van der Waals surface area contributed by atoms with Crippen LogP contribution in [0.25, 0.3) is 0 Å². The number of piperidine rings is 1. The first-order valence-electron chi connectivity index (χ1n) is 6.65. The number of nitrogens with one attached hydrogen (secondary N) is 1. The molecule has 1 saturated carbocycles. The van der Waals surface area contributed by atoms with Crippen molar-refractivity contribution < 1.29 is 4.79 Å². The number of amides is 1. The molecule has 3 heteroatoms. The predicted octanol–water partition coefficient (Wildman–Crippen LogP) is 1.63. The molecular weight excluding hydrogens is 200 g/mol. The summed E-state index contributed by atoms with van der Waals surface area (Å²) in [4.78, 5) is 14.1. The van der Waals surface area contributed by atoms with Crippen molar-refractivity contribution in [2.24, 2.45) is 11.8 Å². The molecule has 0 bridgehead atoms. The Labute approximate surface area is 98.6 Å². The van der Waals surface area contributed by atoms with Crippen LogP contribution in [0.2, 0.25) is 0 Å². The molecule has 16 heavy (non-hydrogen) atoms. The van der Waals surface area contributed by atoms with Gasteiger partial charge < -0.3 is 10.2 Å². The monoisotopic (exact) mass is 224 g/mol. The Balaban J connectivity index is 1.79. The van der Waals surface area contributed by atoms with Gasteiger partial charge in [-0.2, -0.15) is 0 Å². The van der Waals surface area contributed by atoms with Crippen LogP contribution in [0, 0.1) is 11.8 Å². The van der Waals surface area contributed by atoms with Gasteiger partial charge in [-0.1, -0.05) is 13.3 Å². The molecule has 1 heterocycles. The fraction of sp³-hybridized carbons (Fsp3) is 0.923. The minimum Gasteiger partial charge on any atom is -0.342 e. The second-order valence-corrected chi connectivity index (χ2v) is 5.50. The Morgan fingerprint density at radius 2 is 2.12 bits per heavy atom. The van der Waals surface area contributed by atoms with Gasteiger partial charge in [-0.25, -0.2) is 0 Å². The summed E-state index contributed by atoms with van der Waals surface area (Å²) in [6, 6.07) is 0.591. The molecule has 0 radical (unpaired) electrons. The van der Waals surface area contributed by atoms with Gasteiger partial charge in [0.05, 0.1) is 0 Å². The van der Waals surface area contributed by atoms with Crippen LogP contribution in [0.5, 0.6) is 0 Å². The second kappa shape index (κ2) is 5.17. The topological polar surface area (TPSA) is 32.3 Å². The average molecular weight is 224 g/mol. The first-order valence-corrected chi connectivity index (χ1v) is 6.65. The molecule has 0 aromatic rings. The number of hydrogen-bond donors (Lipinski definition) is 1. The van der Waals surface area contributed by atoms with Crippen LogP contribution in [0.1, 0.15) is 39.0 Å². The molecule has 0 aromatic heterocycles. The van der Waals surface area contributed by atoms with Crippen molar-refractivity contribution in [3.8, 4) is 0 Å². The van der Waals surface area contributed by atoms with Crippen LogP contribution >= 0.6 is 0 Å². The molecule has 2 rings (SSSR count). The third kappa shape index (κ3) is 2.57. The van der Waals surface area contributed by atoms with E-state index < -0.39 is 0 Å². The van der Waals surface area contributed by atoms with E-state index >= 15 is 0 Å². The summed E-state index contributed by atoms with van der Waals surface area (Å²) >= 11 is 0. The lowest BCUT2D eigenvalue weighted by Crippen LogP contribution is -2.49. The Kier molecular flexibility index (Phi) is 3.85. The third-order valence-electron chi connectivity index (χ3n) is 4.32. The maximum atomic E-state index is 12.0. The number of nitrogens with zero attached hydrogens (tertiary/aromatic N) is 1. The SMILES string of the molecule is CNC1CCN(C(=O)CC2CCC2)CC1C. The van der Waals surface area contributed by atoms with E-state index in [-0.39, 0.29) is 0 Å². The standard InChI is InChI=1S/C13H24N2O/c1-10-9-15(7-6-12(10)14-2)13(16)8-11-4-3-5-11/h10-12,14H,3-9H2,1-2H3. The van der Waals surface area contributed by atoms with Crippen molar-refractivity contribution in [3.05, 3.63) is 0 Å². The van der Waals surface area contributed by atoms with Gasteiger partial charge in [0.2, 0.25) is 5.91 Å². The highest BCUT2D eigenvalue weighted by atomic mass is 16.2. The van der Waals surface area contributed by atoms with Crippen LogP contribution in [0.4, 0.5) is 0 Å². The molecule has 1 amide bonds. The molecular formula is C13H24N2O. The summed E-state index contributed by atoms with van der Waals surface area (Å²) in [5.41, 5.74) is 0. The van der Waals surface area contributed by atoms with Crippen molar-refractivity contribution in [1.82, 2.24) is 10.2 Å². The van der Waals surface area contributed by atoms with E-state index in [0.29, 0.717) is 23.8 Å². The van der Waals surface area contributed by atoms with Crippen molar-refractivity contribution in [3.63, 3.8) is 0 Å². The molecule has 1 saturated heterocycles. The fourth-order valence-corrected chi connectivity index (χ4v) is 2.87. The van der Waals surface area contributed by atoms with Gasteiger partial charge >= 0.3 is 0 Å². The Morgan fingerprint density at radius 1 is 1.38 bits per heavy atom. The Bertz CT molecular complexity index is 250. The predicted molar refractivity (Wildman–Crippen MR) is 65.2 cm³/mol. The number of carbonyl (C=O) groups is 1. The molecule has 3 nitrogen and oxygen atoms in total. The maximum Gasteiger partial charge on any atom is 0.222 e. The largest absolute Gasteiger partial charge is 0.342 e. The summed E-state index contributed by atoms with van der Waals surface area (Å²) in [5.74, 6) is 1.68. The molecule has 0 spiro atoms. The van der Waals surface area contributed by atoms with Crippen LogP contribution < -0.4 is 5.32 Å². The van der Waals surface area contributed by atoms with Gasteiger partial charge in [-0.15, -0.1) is 0 Å². The van der Waals surface area contributed by atoms with Gasteiger partial charge in [0.25, 0.3) is 0 Å². The van der Waals surface area contributed by atoms with E-state index in [4.69, 9.17) is 0 Å². The van der Waals surface area contributed by atoms with E-state index in [0.717, 1.165) is 25.9 Å². The van der Waals surface area contributed by atoms with Crippen molar-refractivity contribution in [1.29, 1.82) is 0 Å². The molecule has 1 N–H and O–H groups in total. The highest BCUT2D eigenvalue weighted by Gasteiger charge is 2.29. The lowest BCUT2D eigenvalue weighted by Gasteiger charge is -2.38. The highest BCUT2D eigenvalue weighted by Crippen LogP contribution is 2.30. The number of hydrogen-bond acceptors (Lipinski definition) is 2.